The fourth-order valence-electron chi connectivity index (χ4n) is 3.44. The highest BCUT2D eigenvalue weighted by atomic mass is 32.2. The number of esters is 1. The van der Waals surface area contributed by atoms with Crippen LogP contribution in [0.2, 0.25) is 0 Å². The first-order valence-electron chi connectivity index (χ1n) is 9.40. The van der Waals surface area contributed by atoms with Gasteiger partial charge in [0.2, 0.25) is 10.0 Å². The van der Waals surface area contributed by atoms with E-state index in [0.29, 0.717) is 10.6 Å². The molecule has 0 saturated heterocycles. The third-order valence-corrected chi connectivity index (χ3v) is 7.93. The second-order valence-corrected chi connectivity index (χ2v) is 9.86. The van der Waals surface area contributed by atoms with E-state index < -0.39 is 21.9 Å². The topological polar surface area (TPSA) is 92.8 Å². The summed E-state index contributed by atoms with van der Waals surface area (Å²) in [5, 5.41) is 4.74. The predicted molar refractivity (Wildman–Crippen MR) is 112 cm³/mol. The Hall–Kier alpha value is -2.23. The molecule has 0 bridgehead atoms. The number of anilines is 1. The second kappa shape index (κ2) is 9.06. The number of ether oxygens (including phenoxy) is 1. The maximum atomic E-state index is 12.9. The molecule has 0 aliphatic heterocycles. The van der Waals surface area contributed by atoms with E-state index in [2.05, 4.69) is 5.32 Å². The highest BCUT2D eigenvalue weighted by molar-refractivity contribution is 7.89. The number of benzene rings is 1. The Morgan fingerprint density at radius 2 is 1.76 bits per heavy atom. The third kappa shape index (κ3) is 4.68. The number of carbonyl (C=O) groups excluding carboxylic acids is 2. The van der Waals surface area contributed by atoms with Crippen LogP contribution in [-0.2, 0) is 14.8 Å². The van der Waals surface area contributed by atoms with Gasteiger partial charge in [-0.25, -0.2) is 13.2 Å². The molecule has 9 heteroatoms. The van der Waals surface area contributed by atoms with Crippen molar-refractivity contribution in [2.75, 3.05) is 19.5 Å². The van der Waals surface area contributed by atoms with Gasteiger partial charge < -0.3 is 10.1 Å². The fourth-order valence-corrected chi connectivity index (χ4v) is 5.62. The number of sulfonamides is 1. The number of rotatable bonds is 6. The smallest absolute Gasteiger partial charge is 0.340 e. The third-order valence-electron chi connectivity index (χ3n) is 5.18. The van der Waals surface area contributed by atoms with Crippen molar-refractivity contribution in [1.82, 2.24) is 4.31 Å². The van der Waals surface area contributed by atoms with Crippen LogP contribution in [0.5, 0.6) is 0 Å². The highest BCUT2D eigenvalue weighted by Gasteiger charge is 2.29. The number of methoxy groups -OCH3 is 1. The van der Waals surface area contributed by atoms with Crippen LogP contribution in [-0.4, -0.2) is 44.8 Å². The van der Waals surface area contributed by atoms with Gasteiger partial charge >= 0.3 is 5.97 Å². The van der Waals surface area contributed by atoms with E-state index in [1.165, 1.54) is 47.0 Å². The Balaban J connectivity index is 1.73. The quantitative estimate of drug-likeness (QED) is 0.697. The van der Waals surface area contributed by atoms with Crippen LogP contribution in [0.3, 0.4) is 0 Å². The minimum atomic E-state index is -3.61. The minimum Gasteiger partial charge on any atom is -0.465 e. The Bertz CT molecular complexity index is 977. The molecule has 1 aliphatic carbocycles. The molecule has 0 spiro atoms. The molecule has 0 atom stereocenters. The van der Waals surface area contributed by atoms with E-state index in [9.17, 15) is 18.0 Å². The van der Waals surface area contributed by atoms with Crippen molar-refractivity contribution in [3.05, 3.63) is 46.8 Å². The first-order chi connectivity index (χ1) is 13.8. The van der Waals surface area contributed by atoms with Gasteiger partial charge in [0.05, 0.1) is 17.6 Å². The lowest BCUT2D eigenvalue weighted by Gasteiger charge is -2.30. The Morgan fingerprint density at radius 1 is 1.10 bits per heavy atom. The molecule has 0 unspecified atom stereocenters. The average molecular weight is 437 g/mol. The van der Waals surface area contributed by atoms with Gasteiger partial charge in [-0.3, -0.25) is 4.79 Å². The summed E-state index contributed by atoms with van der Waals surface area (Å²) < 4.78 is 31.9. The zero-order valence-electron chi connectivity index (χ0n) is 16.4. The minimum absolute atomic E-state index is 0.0206. The Labute approximate surface area is 174 Å². The van der Waals surface area contributed by atoms with E-state index in [4.69, 9.17) is 4.74 Å². The molecule has 1 aromatic heterocycles. The Kier molecular flexibility index (Phi) is 6.71. The molecule has 156 valence electrons. The standard InChI is InChI=1S/C20H24N2O5S2/c1-22(15-6-4-3-5-7-15)29(25,26)16-10-8-14(9-11-16)18(23)21-19-17(12-13-28-19)20(24)27-2/h8-13,15H,3-7H2,1-2H3,(H,21,23). The molecule has 2 aromatic rings. The summed E-state index contributed by atoms with van der Waals surface area (Å²) in [5.41, 5.74) is 0.577. The molecule has 3 rings (SSSR count). The number of hydrogen-bond donors (Lipinski definition) is 1. The summed E-state index contributed by atoms with van der Waals surface area (Å²) >= 11 is 1.21. The number of nitrogens with zero attached hydrogens (tertiary/aromatic N) is 1. The van der Waals surface area contributed by atoms with Gasteiger partial charge in [-0.2, -0.15) is 4.31 Å². The van der Waals surface area contributed by atoms with Gasteiger partial charge in [-0.1, -0.05) is 19.3 Å². The average Bonchev–Trinajstić information content (AvgIpc) is 3.21. The van der Waals surface area contributed by atoms with E-state index in [-0.39, 0.29) is 16.5 Å². The molecular weight excluding hydrogens is 412 g/mol. The second-order valence-electron chi connectivity index (χ2n) is 6.95. The molecule has 0 radical (unpaired) electrons. The van der Waals surface area contributed by atoms with Crippen molar-refractivity contribution in [1.29, 1.82) is 0 Å². The van der Waals surface area contributed by atoms with Gasteiger partial charge in [0, 0.05) is 18.7 Å². The molecule has 1 fully saturated rings. The number of nitrogens with one attached hydrogen (secondary N) is 1. The molecule has 1 N–H and O–H groups in total. The first kappa shape index (κ1) is 21.5. The van der Waals surface area contributed by atoms with Crippen molar-refractivity contribution in [3.8, 4) is 0 Å². The molecule has 1 aromatic carbocycles. The van der Waals surface area contributed by atoms with Crippen LogP contribution in [0.4, 0.5) is 5.00 Å². The number of hydrogen-bond acceptors (Lipinski definition) is 6. The Morgan fingerprint density at radius 3 is 2.38 bits per heavy atom. The highest BCUT2D eigenvalue weighted by Crippen LogP contribution is 2.27. The van der Waals surface area contributed by atoms with Crippen LogP contribution in [0.15, 0.2) is 40.6 Å². The SMILES string of the molecule is COC(=O)c1ccsc1NC(=O)c1ccc(S(=O)(=O)N(C)C2CCCCC2)cc1. The van der Waals surface area contributed by atoms with Crippen molar-refractivity contribution >= 4 is 38.2 Å². The molecule has 7 nitrogen and oxygen atoms in total. The number of amides is 1. The zero-order valence-corrected chi connectivity index (χ0v) is 18.0. The summed E-state index contributed by atoms with van der Waals surface area (Å²) in [5.74, 6) is -0.962. The largest absolute Gasteiger partial charge is 0.465 e. The first-order valence-corrected chi connectivity index (χ1v) is 11.7. The van der Waals surface area contributed by atoms with Gasteiger partial charge in [0.25, 0.3) is 5.91 Å². The predicted octanol–water partition coefficient (Wildman–Crippen LogP) is 3.74. The summed E-state index contributed by atoms with van der Waals surface area (Å²) in [6.07, 6.45) is 4.98. The van der Waals surface area contributed by atoms with E-state index in [1.807, 2.05) is 0 Å². The lowest BCUT2D eigenvalue weighted by atomic mass is 9.96. The number of thiophene rings is 1. The zero-order chi connectivity index (χ0) is 21.0. The lowest BCUT2D eigenvalue weighted by Crippen LogP contribution is -2.38. The molecule has 1 aliphatic rings. The van der Waals surface area contributed by atoms with Crippen LogP contribution in [0, 0.1) is 0 Å². The summed E-state index contributed by atoms with van der Waals surface area (Å²) in [6.45, 7) is 0. The van der Waals surface area contributed by atoms with E-state index >= 15 is 0 Å². The molecular formula is C20H24N2O5S2. The molecule has 1 saturated carbocycles. The van der Waals surface area contributed by atoms with Crippen molar-refractivity contribution in [3.63, 3.8) is 0 Å². The monoisotopic (exact) mass is 436 g/mol. The van der Waals surface area contributed by atoms with Crippen LogP contribution in [0.25, 0.3) is 0 Å². The van der Waals surface area contributed by atoms with Gasteiger partial charge in [0.1, 0.15) is 5.00 Å². The maximum Gasteiger partial charge on any atom is 0.340 e. The van der Waals surface area contributed by atoms with Crippen molar-refractivity contribution in [2.24, 2.45) is 0 Å². The number of carbonyl (C=O) groups is 2. The lowest BCUT2D eigenvalue weighted by molar-refractivity contribution is 0.0602. The normalized spacial score (nSPS) is 15.3. The van der Waals surface area contributed by atoms with Gasteiger partial charge in [-0.15, -0.1) is 11.3 Å². The van der Waals surface area contributed by atoms with Crippen LogP contribution in [0.1, 0.15) is 52.8 Å². The fraction of sp³-hybridized carbons (Fsp3) is 0.400. The summed E-state index contributed by atoms with van der Waals surface area (Å²) in [4.78, 5) is 24.4. The molecule has 29 heavy (non-hydrogen) atoms. The molecule has 1 heterocycles. The van der Waals surface area contributed by atoms with E-state index in [0.717, 1.165) is 32.1 Å². The maximum absolute atomic E-state index is 12.9. The summed E-state index contributed by atoms with van der Waals surface area (Å²) in [6, 6.07) is 7.43. The van der Waals surface area contributed by atoms with Crippen LogP contribution >= 0.6 is 11.3 Å². The summed E-state index contributed by atoms with van der Waals surface area (Å²) in [7, 11) is -0.715. The van der Waals surface area contributed by atoms with Crippen LogP contribution < -0.4 is 5.32 Å². The van der Waals surface area contributed by atoms with Crippen molar-refractivity contribution in [2.45, 2.75) is 43.0 Å². The van der Waals surface area contributed by atoms with Gasteiger partial charge in [-0.05, 0) is 48.6 Å². The molecule has 1 amide bonds. The van der Waals surface area contributed by atoms with E-state index in [1.54, 1.807) is 18.5 Å². The van der Waals surface area contributed by atoms with Gasteiger partial charge in [0.15, 0.2) is 0 Å². The van der Waals surface area contributed by atoms with Crippen molar-refractivity contribution < 1.29 is 22.7 Å².